The van der Waals surface area contributed by atoms with Gasteiger partial charge in [-0.1, -0.05) is 41.4 Å². The highest BCUT2D eigenvalue weighted by atomic mass is 35.7. The summed E-state index contributed by atoms with van der Waals surface area (Å²) in [4.78, 5) is -0.0123. The first-order valence-corrected chi connectivity index (χ1v) is 7.95. The predicted molar refractivity (Wildman–Crippen MR) is 74.9 cm³/mol. The van der Waals surface area contributed by atoms with E-state index in [0.29, 0.717) is 21.2 Å². The summed E-state index contributed by atoms with van der Waals surface area (Å²) in [6.07, 6.45) is 0. The molecule has 0 heterocycles. The van der Waals surface area contributed by atoms with Gasteiger partial charge in [0.15, 0.2) is 0 Å². The summed E-state index contributed by atoms with van der Waals surface area (Å²) >= 11 is 11.9. The molecule has 0 spiro atoms. The van der Waals surface area contributed by atoms with Gasteiger partial charge in [0, 0.05) is 31.9 Å². The molecule has 2 aromatic carbocycles. The lowest BCUT2D eigenvalue weighted by molar-refractivity contribution is 0.610. The molecule has 0 unspecified atom stereocenters. The van der Waals surface area contributed by atoms with Gasteiger partial charge in [-0.25, -0.2) is 8.42 Å². The van der Waals surface area contributed by atoms with Gasteiger partial charge in [-0.3, -0.25) is 0 Å². The highest BCUT2D eigenvalue weighted by Gasteiger charge is 2.18. The molecule has 0 radical (unpaired) electrons. The van der Waals surface area contributed by atoms with Crippen molar-refractivity contribution in [3.63, 3.8) is 0 Å². The van der Waals surface area contributed by atoms with Crippen LogP contribution in [-0.2, 0) is 9.05 Å². The molecule has 0 bridgehead atoms. The molecule has 0 amide bonds. The SMILES string of the molecule is O=S(=O)(Cl)c1ccc(Cl)cc1-c1ccccc1Cl. The van der Waals surface area contributed by atoms with Crippen molar-refractivity contribution in [1.82, 2.24) is 0 Å². The van der Waals surface area contributed by atoms with Gasteiger partial charge in [-0.15, -0.1) is 0 Å². The maximum Gasteiger partial charge on any atom is 0.261 e. The Morgan fingerprint density at radius 3 is 2.17 bits per heavy atom. The molecule has 0 aliphatic heterocycles. The Bertz CT molecular complexity index is 696. The van der Waals surface area contributed by atoms with Crippen LogP contribution in [0.1, 0.15) is 0 Å². The fourth-order valence-corrected chi connectivity index (χ4v) is 3.08. The maximum absolute atomic E-state index is 11.5. The molecule has 2 aromatic rings. The van der Waals surface area contributed by atoms with Crippen LogP contribution in [0.15, 0.2) is 47.4 Å². The number of hydrogen-bond donors (Lipinski definition) is 0. The maximum atomic E-state index is 11.5. The van der Waals surface area contributed by atoms with Crippen LogP contribution in [0.25, 0.3) is 11.1 Å². The van der Waals surface area contributed by atoms with Crippen LogP contribution in [0, 0.1) is 0 Å². The molecule has 18 heavy (non-hydrogen) atoms. The van der Waals surface area contributed by atoms with Gasteiger partial charge in [0.2, 0.25) is 0 Å². The van der Waals surface area contributed by atoms with E-state index < -0.39 is 9.05 Å². The minimum absolute atomic E-state index is 0.0123. The van der Waals surface area contributed by atoms with Gasteiger partial charge in [-0.05, 0) is 24.3 Å². The molecule has 0 atom stereocenters. The fourth-order valence-electron chi connectivity index (χ4n) is 1.60. The first-order chi connectivity index (χ1) is 8.39. The lowest BCUT2D eigenvalue weighted by atomic mass is 10.1. The van der Waals surface area contributed by atoms with Gasteiger partial charge >= 0.3 is 0 Å². The molecule has 0 aliphatic rings. The summed E-state index contributed by atoms with van der Waals surface area (Å²) in [7, 11) is 1.54. The first-order valence-electron chi connectivity index (χ1n) is 4.89. The van der Waals surface area contributed by atoms with Crippen LogP contribution < -0.4 is 0 Å². The van der Waals surface area contributed by atoms with Crippen molar-refractivity contribution in [2.75, 3.05) is 0 Å². The zero-order valence-corrected chi connectivity index (χ0v) is 12.0. The normalized spacial score (nSPS) is 11.5. The first kappa shape index (κ1) is 13.7. The lowest BCUT2D eigenvalue weighted by Crippen LogP contribution is -1.95. The Morgan fingerprint density at radius 2 is 1.56 bits per heavy atom. The van der Waals surface area contributed by atoms with Crippen LogP contribution in [0.4, 0.5) is 0 Å². The van der Waals surface area contributed by atoms with E-state index in [-0.39, 0.29) is 4.90 Å². The van der Waals surface area contributed by atoms with E-state index in [4.69, 9.17) is 33.9 Å². The second-order valence-electron chi connectivity index (χ2n) is 3.56. The van der Waals surface area contributed by atoms with Crippen molar-refractivity contribution >= 4 is 42.9 Å². The standard InChI is InChI=1S/C12H7Cl3O2S/c13-8-5-6-12(18(15,16)17)10(7-8)9-3-1-2-4-11(9)14/h1-7H. The zero-order chi connectivity index (χ0) is 13.3. The third-order valence-corrected chi connectivity index (χ3v) is 4.31. The number of benzene rings is 2. The van der Waals surface area contributed by atoms with Gasteiger partial charge < -0.3 is 0 Å². The number of halogens is 3. The Hall–Kier alpha value is -0.740. The summed E-state index contributed by atoms with van der Waals surface area (Å²) in [6.45, 7) is 0. The molecule has 2 nitrogen and oxygen atoms in total. The summed E-state index contributed by atoms with van der Waals surface area (Å²) in [5.74, 6) is 0. The quantitative estimate of drug-likeness (QED) is 0.758. The summed E-state index contributed by atoms with van der Waals surface area (Å²) in [5.41, 5.74) is 0.962. The summed E-state index contributed by atoms with van der Waals surface area (Å²) in [6, 6.07) is 11.2. The Labute approximate surface area is 120 Å². The van der Waals surface area contributed by atoms with E-state index in [2.05, 4.69) is 0 Å². The van der Waals surface area contributed by atoms with Crippen LogP contribution >= 0.6 is 33.9 Å². The van der Waals surface area contributed by atoms with Crippen LogP contribution in [-0.4, -0.2) is 8.42 Å². The second kappa shape index (κ2) is 5.10. The number of rotatable bonds is 2. The van der Waals surface area contributed by atoms with Crippen molar-refractivity contribution in [2.45, 2.75) is 4.90 Å². The van der Waals surface area contributed by atoms with Gasteiger partial charge in [0.1, 0.15) is 0 Å². The minimum atomic E-state index is -3.86. The van der Waals surface area contributed by atoms with Crippen molar-refractivity contribution in [3.05, 3.63) is 52.5 Å². The minimum Gasteiger partial charge on any atom is -0.207 e. The molecule has 0 aliphatic carbocycles. The smallest absolute Gasteiger partial charge is 0.207 e. The summed E-state index contributed by atoms with van der Waals surface area (Å²) < 4.78 is 23.1. The highest BCUT2D eigenvalue weighted by Crippen LogP contribution is 2.35. The van der Waals surface area contributed by atoms with E-state index in [1.165, 1.54) is 18.2 Å². The molecule has 0 aromatic heterocycles. The predicted octanol–water partition coefficient (Wildman–Crippen LogP) is 4.59. The molecule has 6 heteroatoms. The molecular weight excluding hydrogens is 315 g/mol. The largest absolute Gasteiger partial charge is 0.261 e. The van der Waals surface area contributed by atoms with Gasteiger partial charge in [-0.2, -0.15) is 0 Å². The van der Waals surface area contributed by atoms with Crippen LogP contribution in [0.3, 0.4) is 0 Å². The number of hydrogen-bond acceptors (Lipinski definition) is 2. The van der Waals surface area contributed by atoms with E-state index in [9.17, 15) is 8.42 Å². The Morgan fingerprint density at radius 1 is 0.889 bits per heavy atom. The molecular formula is C12H7Cl3O2S. The highest BCUT2D eigenvalue weighted by molar-refractivity contribution is 8.13. The third-order valence-electron chi connectivity index (χ3n) is 2.37. The van der Waals surface area contributed by atoms with Crippen LogP contribution in [0.5, 0.6) is 0 Å². The summed E-state index contributed by atoms with van der Waals surface area (Å²) in [5, 5.41) is 0.843. The fraction of sp³-hybridized carbons (Fsp3) is 0. The Kier molecular flexibility index (Phi) is 3.87. The van der Waals surface area contributed by atoms with E-state index >= 15 is 0 Å². The van der Waals surface area contributed by atoms with E-state index in [0.717, 1.165) is 0 Å². The second-order valence-corrected chi connectivity index (χ2v) is 6.94. The molecule has 0 saturated heterocycles. The van der Waals surface area contributed by atoms with Crippen molar-refractivity contribution in [2.24, 2.45) is 0 Å². The van der Waals surface area contributed by atoms with E-state index in [1.807, 2.05) is 0 Å². The molecule has 94 valence electrons. The Balaban J connectivity index is 2.79. The van der Waals surface area contributed by atoms with Crippen molar-refractivity contribution < 1.29 is 8.42 Å². The monoisotopic (exact) mass is 320 g/mol. The van der Waals surface area contributed by atoms with Crippen molar-refractivity contribution in [1.29, 1.82) is 0 Å². The average Bonchev–Trinajstić information content (AvgIpc) is 2.27. The van der Waals surface area contributed by atoms with Crippen LogP contribution in [0.2, 0.25) is 10.0 Å². The molecule has 0 saturated carbocycles. The zero-order valence-electron chi connectivity index (χ0n) is 8.90. The van der Waals surface area contributed by atoms with E-state index in [1.54, 1.807) is 24.3 Å². The third kappa shape index (κ3) is 2.81. The van der Waals surface area contributed by atoms with Gasteiger partial charge in [0.05, 0.1) is 4.90 Å². The molecule has 2 rings (SSSR count). The molecule has 0 fully saturated rings. The lowest BCUT2D eigenvalue weighted by Gasteiger charge is -2.09. The molecule has 0 N–H and O–H groups in total. The van der Waals surface area contributed by atoms with Crippen molar-refractivity contribution in [3.8, 4) is 11.1 Å². The van der Waals surface area contributed by atoms with Gasteiger partial charge in [0.25, 0.3) is 9.05 Å². The average molecular weight is 322 g/mol. The topological polar surface area (TPSA) is 34.1 Å².